The lowest BCUT2D eigenvalue weighted by molar-refractivity contribution is 0.628. The maximum Gasteiger partial charge on any atom is 0.126 e. The number of hydrogen-bond donors (Lipinski definition) is 1. The fourth-order valence-electron chi connectivity index (χ4n) is 0.820. The van der Waals surface area contributed by atoms with Crippen LogP contribution in [-0.2, 0) is 0 Å². The summed E-state index contributed by atoms with van der Waals surface area (Å²) in [5.41, 5.74) is 6.31. The third kappa shape index (κ3) is 2.44. The van der Waals surface area contributed by atoms with E-state index < -0.39 is 0 Å². The second kappa shape index (κ2) is 3.99. The fraction of sp³-hybridized carbons (Fsp3) is 0.111. The van der Waals surface area contributed by atoms with Gasteiger partial charge in [-0.25, -0.2) is 4.39 Å². The van der Waals surface area contributed by atoms with Crippen LogP contribution in [0.3, 0.4) is 0 Å². The van der Waals surface area contributed by atoms with E-state index in [1.165, 1.54) is 12.1 Å². The molecule has 0 aliphatic rings. The third-order valence-electron chi connectivity index (χ3n) is 1.22. The highest BCUT2D eigenvalue weighted by molar-refractivity contribution is 6.19. The lowest BCUT2D eigenvalue weighted by Crippen LogP contribution is -1.87. The van der Waals surface area contributed by atoms with Crippen molar-refractivity contribution in [3.63, 3.8) is 0 Å². The zero-order chi connectivity index (χ0) is 8.97. The first-order valence-electron chi connectivity index (χ1n) is 3.33. The Kier molecular flexibility index (Phi) is 2.95. The third-order valence-corrected chi connectivity index (χ3v) is 1.35. The van der Waals surface area contributed by atoms with E-state index >= 15 is 0 Å². The molecule has 0 atom stereocenters. The van der Waals surface area contributed by atoms with Gasteiger partial charge in [-0.1, -0.05) is 11.8 Å². The number of hydrogen-bond acceptors (Lipinski definition) is 1. The monoisotopic (exact) mass is 183 g/mol. The van der Waals surface area contributed by atoms with Crippen molar-refractivity contribution >= 4 is 17.3 Å². The van der Waals surface area contributed by atoms with Crippen molar-refractivity contribution in [2.24, 2.45) is 0 Å². The minimum Gasteiger partial charge on any atom is -0.399 e. The lowest BCUT2D eigenvalue weighted by atomic mass is 10.2. The Labute approximate surface area is 75.3 Å². The summed E-state index contributed by atoms with van der Waals surface area (Å²) in [5, 5.41) is 0. The van der Waals surface area contributed by atoms with Gasteiger partial charge in [0.25, 0.3) is 0 Å². The van der Waals surface area contributed by atoms with E-state index in [4.69, 9.17) is 17.3 Å². The van der Waals surface area contributed by atoms with Crippen molar-refractivity contribution in [2.45, 2.75) is 0 Å². The number of nitrogens with two attached hydrogens (primary N) is 1. The summed E-state index contributed by atoms with van der Waals surface area (Å²) in [7, 11) is 0. The van der Waals surface area contributed by atoms with Crippen molar-refractivity contribution in [2.75, 3.05) is 11.6 Å². The zero-order valence-corrected chi connectivity index (χ0v) is 7.03. The highest BCUT2D eigenvalue weighted by Crippen LogP contribution is 2.09. The number of nitrogen functional groups attached to an aromatic ring is 1. The molecule has 0 aliphatic heterocycles. The molecule has 1 aromatic rings. The molecule has 2 N–H and O–H groups in total. The molecule has 12 heavy (non-hydrogen) atoms. The van der Waals surface area contributed by atoms with Crippen LogP contribution in [0.15, 0.2) is 18.2 Å². The van der Waals surface area contributed by atoms with Gasteiger partial charge >= 0.3 is 0 Å². The fourth-order valence-corrected chi connectivity index (χ4v) is 0.887. The van der Waals surface area contributed by atoms with E-state index in [1.54, 1.807) is 6.07 Å². The molecule has 1 aromatic carbocycles. The summed E-state index contributed by atoms with van der Waals surface area (Å²) in [6.45, 7) is 0. The van der Waals surface area contributed by atoms with Crippen molar-refractivity contribution in [1.82, 2.24) is 0 Å². The summed E-state index contributed by atoms with van der Waals surface area (Å²) in [6.07, 6.45) is 0. The summed E-state index contributed by atoms with van der Waals surface area (Å²) in [4.78, 5) is 0. The van der Waals surface area contributed by atoms with Crippen LogP contribution < -0.4 is 5.73 Å². The topological polar surface area (TPSA) is 26.0 Å². The zero-order valence-electron chi connectivity index (χ0n) is 6.27. The lowest BCUT2D eigenvalue weighted by Gasteiger charge is -1.94. The summed E-state index contributed by atoms with van der Waals surface area (Å²) < 4.78 is 12.7. The summed E-state index contributed by atoms with van der Waals surface area (Å²) in [5.74, 6) is 5.14. The standard InChI is InChI=1S/C9H7ClFN/c10-3-1-2-7-4-8(11)6-9(12)5-7/h4-6H,3,12H2. The number of rotatable bonds is 0. The molecule has 0 fully saturated rings. The number of alkyl halides is 1. The van der Waals surface area contributed by atoms with Gasteiger partial charge in [-0.05, 0) is 18.2 Å². The molecule has 0 bridgehead atoms. The first kappa shape index (κ1) is 8.89. The SMILES string of the molecule is Nc1cc(F)cc(C#CCCl)c1. The highest BCUT2D eigenvalue weighted by Gasteiger charge is 1.94. The molecule has 62 valence electrons. The van der Waals surface area contributed by atoms with E-state index in [-0.39, 0.29) is 11.7 Å². The molecule has 0 heterocycles. The van der Waals surface area contributed by atoms with Gasteiger partial charge < -0.3 is 5.73 Å². The van der Waals surface area contributed by atoms with Gasteiger partial charge in [-0.3, -0.25) is 0 Å². The van der Waals surface area contributed by atoms with Crippen molar-refractivity contribution in [3.05, 3.63) is 29.6 Å². The largest absolute Gasteiger partial charge is 0.399 e. The molecule has 0 saturated heterocycles. The average molecular weight is 184 g/mol. The van der Waals surface area contributed by atoms with E-state index in [0.29, 0.717) is 11.3 Å². The number of halogens is 2. The first-order valence-corrected chi connectivity index (χ1v) is 3.87. The Morgan fingerprint density at radius 1 is 1.42 bits per heavy atom. The van der Waals surface area contributed by atoms with Gasteiger partial charge in [0.05, 0.1) is 5.88 Å². The molecule has 0 spiro atoms. The van der Waals surface area contributed by atoms with Crippen LogP contribution in [0.1, 0.15) is 5.56 Å². The van der Waals surface area contributed by atoms with Gasteiger partial charge in [0.15, 0.2) is 0 Å². The quantitative estimate of drug-likeness (QED) is 0.372. The van der Waals surface area contributed by atoms with E-state index in [9.17, 15) is 4.39 Å². The molecule has 1 nitrogen and oxygen atoms in total. The minimum absolute atomic E-state index is 0.233. The summed E-state index contributed by atoms with van der Waals surface area (Å²) >= 11 is 5.33. The molecule has 3 heteroatoms. The van der Waals surface area contributed by atoms with Crippen molar-refractivity contribution in [1.29, 1.82) is 0 Å². The molecule has 0 unspecified atom stereocenters. The van der Waals surface area contributed by atoms with Gasteiger partial charge in [0.2, 0.25) is 0 Å². The molecule has 1 rings (SSSR count). The molecule has 0 amide bonds. The van der Waals surface area contributed by atoms with Gasteiger partial charge in [0.1, 0.15) is 5.82 Å². The molecule has 0 radical (unpaired) electrons. The maximum atomic E-state index is 12.7. The average Bonchev–Trinajstić information content (AvgIpc) is 1.99. The minimum atomic E-state index is -0.381. The molecular formula is C9H7ClFN. The van der Waals surface area contributed by atoms with Gasteiger partial charge in [-0.15, -0.1) is 11.6 Å². The van der Waals surface area contributed by atoms with Crippen LogP contribution in [-0.4, -0.2) is 5.88 Å². The Morgan fingerprint density at radius 2 is 2.17 bits per heavy atom. The van der Waals surface area contributed by atoms with Crippen LogP contribution in [0.25, 0.3) is 0 Å². The predicted molar refractivity (Wildman–Crippen MR) is 48.4 cm³/mol. The van der Waals surface area contributed by atoms with E-state index in [1.807, 2.05) is 0 Å². The van der Waals surface area contributed by atoms with Crippen molar-refractivity contribution in [3.8, 4) is 11.8 Å². The van der Waals surface area contributed by atoms with Gasteiger partial charge in [-0.2, -0.15) is 0 Å². The van der Waals surface area contributed by atoms with E-state index in [0.717, 1.165) is 0 Å². The van der Waals surface area contributed by atoms with Crippen LogP contribution in [0.5, 0.6) is 0 Å². The Balaban J connectivity index is 3.01. The second-order valence-electron chi connectivity index (χ2n) is 2.21. The Hall–Kier alpha value is -1.20. The Bertz CT molecular complexity index is 318. The number of benzene rings is 1. The molecular weight excluding hydrogens is 177 g/mol. The van der Waals surface area contributed by atoms with E-state index in [2.05, 4.69) is 11.8 Å². The normalized spacial score (nSPS) is 8.83. The molecule has 0 aliphatic carbocycles. The molecule has 0 saturated carbocycles. The van der Waals surface area contributed by atoms with Crippen molar-refractivity contribution < 1.29 is 4.39 Å². The van der Waals surface area contributed by atoms with Crippen LogP contribution in [0, 0.1) is 17.7 Å². The Morgan fingerprint density at radius 3 is 2.75 bits per heavy atom. The smallest absolute Gasteiger partial charge is 0.126 e. The first-order chi connectivity index (χ1) is 5.72. The van der Waals surface area contributed by atoms with Gasteiger partial charge in [0, 0.05) is 11.3 Å². The van der Waals surface area contributed by atoms with Crippen LogP contribution >= 0.6 is 11.6 Å². The van der Waals surface area contributed by atoms with Crippen LogP contribution in [0.4, 0.5) is 10.1 Å². The maximum absolute atomic E-state index is 12.7. The van der Waals surface area contributed by atoms with Crippen LogP contribution in [0.2, 0.25) is 0 Å². The molecule has 0 aromatic heterocycles. The highest BCUT2D eigenvalue weighted by atomic mass is 35.5. The number of anilines is 1. The summed E-state index contributed by atoms with van der Waals surface area (Å²) in [6, 6.07) is 4.16. The predicted octanol–water partition coefficient (Wildman–Crippen LogP) is 2.00. The second-order valence-corrected chi connectivity index (χ2v) is 2.48.